The Morgan fingerprint density at radius 3 is 3.00 bits per heavy atom. The first-order chi connectivity index (χ1) is 8.86. The summed E-state index contributed by atoms with van der Waals surface area (Å²) in [5, 5.41) is 12.5. The molecule has 3 rings (SSSR count). The molecule has 5 heteroatoms. The average molecular weight is 259 g/mol. The van der Waals surface area contributed by atoms with Gasteiger partial charge in [-0.3, -0.25) is 0 Å². The van der Waals surface area contributed by atoms with E-state index in [1.54, 1.807) is 11.3 Å². The smallest absolute Gasteiger partial charge is 0.257 e. The fourth-order valence-electron chi connectivity index (χ4n) is 1.74. The largest absolute Gasteiger partial charge is 0.419 e. The second kappa shape index (κ2) is 4.88. The predicted molar refractivity (Wildman–Crippen MR) is 72.5 cm³/mol. The van der Waals surface area contributed by atoms with Gasteiger partial charge in [0.25, 0.3) is 5.89 Å². The van der Waals surface area contributed by atoms with Crippen LogP contribution in [0.3, 0.4) is 0 Å². The number of rotatable bonds is 4. The molecule has 2 heterocycles. The normalized spacial score (nSPS) is 11.2. The van der Waals surface area contributed by atoms with Crippen LogP contribution >= 0.6 is 11.3 Å². The van der Waals surface area contributed by atoms with E-state index in [9.17, 15) is 0 Å². The highest BCUT2D eigenvalue weighted by atomic mass is 32.1. The summed E-state index contributed by atoms with van der Waals surface area (Å²) in [6.07, 6.45) is 0. The van der Waals surface area contributed by atoms with Gasteiger partial charge in [-0.2, -0.15) is 0 Å². The van der Waals surface area contributed by atoms with Crippen molar-refractivity contribution >= 4 is 21.4 Å². The second-order valence-electron chi connectivity index (χ2n) is 3.93. The minimum atomic E-state index is 0.601. The fourth-order valence-corrected chi connectivity index (χ4v) is 2.73. The fraction of sp³-hybridized carbons (Fsp3) is 0.231. The van der Waals surface area contributed by atoms with Gasteiger partial charge in [-0.05, 0) is 24.1 Å². The van der Waals surface area contributed by atoms with Gasteiger partial charge in [-0.1, -0.05) is 25.1 Å². The summed E-state index contributed by atoms with van der Waals surface area (Å²) in [6.45, 7) is 3.55. The molecule has 1 aromatic carbocycles. The highest BCUT2D eigenvalue weighted by molar-refractivity contribution is 7.22. The number of hydrogen-bond donors (Lipinski definition) is 1. The first kappa shape index (κ1) is 11.4. The van der Waals surface area contributed by atoms with Gasteiger partial charge in [0.1, 0.15) is 0 Å². The van der Waals surface area contributed by atoms with Crippen molar-refractivity contribution in [2.24, 2.45) is 0 Å². The van der Waals surface area contributed by atoms with Crippen LogP contribution in [-0.4, -0.2) is 16.7 Å². The molecule has 0 spiro atoms. The average Bonchev–Trinajstić information content (AvgIpc) is 3.02. The highest BCUT2D eigenvalue weighted by Crippen LogP contribution is 2.32. The number of hydrogen-bond acceptors (Lipinski definition) is 5. The molecule has 2 aromatic heterocycles. The Morgan fingerprint density at radius 1 is 1.28 bits per heavy atom. The van der Waals surface area contributed by atoms with Crippen molar-refractivity contribution in [1.82, 2.24) is 15.5 Å². The van der Waals surface area contributed by atoms with E-state index in [0.717, 1.165) is 11.4 Å². The number of thiophene rings is 1. The Kier molecular flexibility index (Phi) is 3.08. The molecule has 0 radical (unpaired) electrons. The van der Waals surface area contributed by atoms with E-state index in [0.29, 0.717) is 18.3 Å². The zero-order valence-corrected chi connectivity index (χ0v) is 10.8. The Labute approximate surface area is 109 Å². The van der Waals surface area contributed by atoms with E-state index in [2.05, 4.69) is 33.7 Å². The molecule has 0 saturated carbocycles. The van der Waals surface area contributed by atoms with Crippen LogP contribution in [0.5, 0.6) is 0 Å². The Hall–Kier alpha value is -1.72. The summed E-state index contributed by atoms with van der Waals surface area (Å²) in [5.41, 5.74) is 0. The minimum Gasteiger partial charge on any atom is -0.419 e. The van der Waals surface area contributed by atoms with Crippen molar-refractivity contribution in [3.8, 4) is 10.8 Å². The van der Waals surface area contributed by atoms with Gasteiger partial charge in [-0.25, -0.2) is 0 Å². The Morgan fingerprint density at radius 2 is 2.17 bits per heavy atom. The maximum atomic E-state index is 5.63. The van der Waals surface area contributed by atoms with Crippen molar-refractivity contribution in [3.05, 3.63) is 36.2 Å². The summed E-state index contributed by atoms with van der Waals surface area (Å²) in [6, 6.07) is 10.3. The van der Waals surface area contributed by atoms with E-state index >= 15 is 0 Å². The SMILES string of the molecule is CCNCc1nnc(-c2cc3ccccc3s2)o1. The van der Waals surface area contributed by atoms with Crippen LogP contribution in [-0.2, 0) is 6.54 Å². The number of benzene rings is 1. The molecular formula is C13H13N3OS. The third kappa shape index (κ3) is 2.14. The first-order valence-electron chi connectivity index (χ1n) is 5.89. The van der Waals surface area contributed by atoms with E-state index in [1.165, 1.54) is 10.1 Å². The molecule has 4 nitrogen and oxygen atoms in total. The summed E-state index contributed by atoms with van der Waals surface area (Å²) in [7, 11) is 0. The Balaban J connectivity index is 1.91. The van der Waals surface area contributed by atoms with Gasteiger partial charge in [-0.15, -0.1) is 21.5 Å². The van der Waals surface area contributed by atoms with E-state index in [-0.39, 0.29) is 0 Å². The topological polar surface area (TPSA) is 51.0 Å². The lowest BCUT2D eigenvalue weighted by atomic mass is 10.2. The van der Waals surface area contributed by atoms with Gasteiger partial charge in [0.05, 0.1) is 11.4 Å². The van der Waals surface area contributed by atoms with E-state index < -0.39 is 0 Å². The molecule has 0 aliphatic rings. The van der Waals surface area contributed by atoms with Gasteiger partial charge in [0, 0.05) is 4.70 Å². The molecule has 0 aliphatic carbocycles. The van der Waals surface area contributed by atoms with Crippen LogP contribution in [0, 0.1) is 0 Å². The summed E-state index contributed by atoms with van der Waals surface area (Å²) < 4.78 is 6.86. The maximum absolute atomic E-state index is 5.63. The summed E-state index contributed by atoms with van der Waals surface area (Å²) in [4.78, 5) is 1.02. The lowest BCUT2D eigenvalue weighted by Crippen LogP contribution is -2.11. The zero-order valence-electron chi connectivity index (χ0n) is 10.0. The van der Waals surface area contributed by atoms with E-state index in [1.807, 2.05) is 19.1 Å². The second-order valence-corrected chi connectivity index (χ2v) is 5.01. The van der Waals surface area contributed by atoms with Gasteiger partial charge in [0.15, 0.2) is 0 Å². The zero-order chi connectivity index (χ0) is 12.4. The lowest BCUT2D eigenvalue weighted by molar-refractivity contribution is 0.483. The number of aromatic nitrogens is 2. The molecular weight excluding hydrogens is 246 g/mol. The van der Waals surface area contributed by atoms with Gasteiger partial charge in [0.2, 0.25) is 5.89 Å². The van der Waals surface area contributed by atoms with Crippen LogP contribution in [0.15, 0.2) is 34.7 Å². The molecule has 0 bridgehead atoms. The lowest BCUT2D eigenvalue weighted by Gasteiger charge is -1.93. The monoisotopic (exact) mass is 259 g/mol. The first-order valence-corrected chi connectivity index (χ1v) is 6.70. The van der Waals surface area contributed by atoms with Crippen molar-refractivity contribution in [2.45, 2.75) is 13.5 Å². The molecule has 0 saturated heterocycles. The predicted octanol–water partition coefficient (Wildman–Crippen LogP) is 3.06. The van der Waals surface area contributed by atoms with Crippen LogP contribution in [0.2, 0.25) is 0 Å². The number of fused-ring (bicyclic) bond motifs is 1. The van der Waals surface area contributed by atoms with Crippen molar-refractivity contribution in [1.29, 1.82) is 0 Å². The Bertz CT molecular complexity index is 626. The quantitative estimate of drug-likeness (QED) is 0.782. The van der Waals surface area contributed by atoms with E-state index in [4.69, 9.17) is 4.42 Å². The maximum Gasteiger partial charge on any atom is 0.257 e. The number of nitrogens with one attached hydrogen (secondary N) is 1. The standard InChI is InChI=1S/C13H13N3OS/c1-2-14-8-12-15-16-13(17-12)11-7-9-5-3-4-6-10(9)18-11/h3-7,14H,2,8H2,1H3. The third-order valence-corrected chi connectivity index (χ3v) is 3.73. The van der Waals surface area contributed by atoms with Crippen LogP contribution in [0.4, 0.5) is 0 Å². The third-order valence-electron chi connectivity index (χ3n) is 2.63. The van der Waals surface area contributed by atoms with Crippen LogP contribution in [0.1, 0.15) is 12.8 Å². The minimum absolute atomic E-state index is 0.601. The van der Waals surface area contributed by atoms with Gasteiger partial charge >= 0.3 is 0 Å². The van der Waals surface area contributed by atoms with Gasteiger partial charge < -0.3 is 9.73 Å². The van der Waals surface area contributed by atoms with Crippen LogP contribution < -0.4 is 5.32 Å². The molecule has 0 fully saturated rings. The molecule has 1 N–H and O–H groups in total. The molecule has 0 aliphatic heterocycles. The summed E-state index contributed by atoms with van der Waals surface area (Å²) >= 11 is 1.67. The molecule has 18 heavy (non-hydrogen) atoms. The highest BCUT2D eigenvalue weighted by Gasteiger charge is 2.11. The molecule has 0 atom stereocenters. The molecule has 0 unspecified atom stereocenters. The summed E-state index contributed by atoms with van der Waals surface area (Å²) in [5.74, 6) is 1.23. The van der Waals surface area contributed by atoms with Crippen molar-refractivity contribution in [3.63, 3.8) is 0 Å². The van der Waals surface area contributed by atoms with Crippen molar-refractivity contribution < 1.29 is 4.42 Å². The molecule has 92 valence electrons. The number of nitrogens with zero attached hydrogens (tertiary/aromatic N) is 2. The van der Waals surface area contributed by atoms with Crippen LogP contribution in [0.25, 0.3) is 20.9 Å². The van der Waals surface area contributed by atoms with Crippen molar-refractivity contribution in [2.75, 3.05) is 6.54 Å². The molecule has 3 aromatic rings. The molecule has 0 amide bonds.